The summed E-state index contributed by atoms with van der Waals surface area (Å²) >= 11 is 1.39. The predicted octanol–water partition coefficient (Wildman–Crippen LogP) is 3.22. The summed E-state index contributed by atoms with van der Waals surface area (Å²) in [5.74, 6) is -0.905. The summed E-state index contributed by atoms with van der Waals surface area (Å²) in [7, 11) is 0. The molecule has 0 fully saturated rings. The average Bonchev–Trinajstić information content (AvgIpc) is 3.07. The number of nitrogens with one attached hydrogen (secondary N) is 1. The number of carbonyl (C=O) groups is 1. The van der Waals surface area contributed by atoms with Crippen LogP contribution in [-0.4, -0.2) is 21.1 Å². The molecule has 3 rings (SSSR count). The van der Waals surface area contributed by atoms with Crippen molar-refractivity contribution in [2.75, 3.05) is 0 Å². The average molecular weight is 358 g/mol. The van der Waals surface area contributed by atoms with Crippen LogP contribution >= 0.6 is 11.3 Å². The van der Waals surface area contributed by atoms with Crippen molar-refractivity contribution in [1.82, 2.24) is 10.3 Å². The number of aromatic nitrogens is 1. The van der Waals surface area contributed by atoms with Crippen LogP contribution in [0.5, 0.6) is 11.5 Å². The fourth-order valence-electron chi connectivity index (χ4n) is 2.23. The third-order valence-corrected chi connectivity index (χ3v) is 4.39. The van der Waals surface area contributed by atoms with E-state index >= 15 is 0 Å². The second kappa shape index (κ2) is 7.31. The largest absolute Gasteiger partial charge is 0.504 e. The number of thiazole rings is 1. The topological polar surface area (TPSA) is 82.5 Å². The molecular weight excluding hydrogens is 343 g/mol. The summed E-state index contributed by atoms with van der Waals surface area (Å²) in [6.07, 6.45) is 0.171. The Kier molecular flexibility index (Phi) is 4.95. The minimum Gasteiger partial charge on any atom is -0.504 e. The summed E-state index contributed by atoms with van der Waals surface area (Å²) in [6.45, 7) is 0.286. The summed E-state index contributed by atoms with van der Waals surface area (Å²) < 4.78 is 12.8. The van der Waals surface area contributed by atoms with Gasteiger partial charge in [0.15, 0.2) is 11.5 Å². The third kappa shape index (κ3) is 4.33. The monoisotopic (exact) mass is 358 g/mol. The van der Waals surface area contributed by atoms with E-state index in [4.69, 9.17) is 0 Å². The molecule has 0 aliphatic heterocycles. The third-order valence-electron chi connectivity index (χ3n) is 3.54. The van der Waals surface area contributed by atoms with Crippen molar-refractivity contribution in [2.24, 2.45) is 0 Å². The van der Waals surface area contributed by atoms with Gasteiger partial charge in [-0.3, -0.25) is 4.79 Å². The van der Waals surface area contributed by atoms with Crippen LogP contribution in [0.1, 0.15) is 10.6 Å². The van der Waals surface area contributed by atoms with Gasteiger partial charge in [-0.05, 0) is 35.9 Å². The number of aromatic hydroxyl groups is 2. The SMILES string of the molecule is O=C(Cc1ccc(F)cc1)NCc1nc(-c2ccc(O)c(O)c2)cs1. The maximum atomic E-state index is 12.8. The molecule has 0 atom stereocenters. The smallest absolute Gasteiger partial charge is 0.224 e. The number of nitrogens with zero attached hydrogens (tertiary/aromatic N) is 1. The molecule has 3 aromatic rings. The van der Waals surface area contributed by atoms with Crippen molar-refractivity contribution < 1.29 is 19.4 Å². The minimum atomic E-state index is -0.334. The van der Waals surface area contributed by atoms with Crippen molar-refractivity contribution in [3.05, 3.63) is 64.2 Å². The van der Waals surface area contributed by atoms with E-state index in [0.717, 1.165) is 10.6 Å². The summed E-state index contributed by atoms with van der Waals surface area (Å²) in [6, 6.07) is 10.3. The van der Waals surface area contributed by atoms with E-state index in [1.165, 1.54) is 35.6 Å². The van der Waals surface area contributed by atoms with Gasteiger partial charge in [-0.25, -0.2) is 9.37 Å². The van der Waals surface area contributed by atoms with E-state index < -0.39 is 0 Å². The highest BCUT2D eigenvalue weighted by Crippen LogP contribution is 2.30. The highest BCUT2D eigenvalue weighted by atomic mass is 32.1. The highest BCUT2D eigenvalue weighted by molar-refractivity contribution is 7.09. The van der Waals surface area contributed by atoms with Gasteiger partial charge in [0, 0.05) is 10.9 Å². The second-order valence-electron chi connectivity index (χ2n) is 5.41. The molecule has 25 heavy (non-hydrogen) atoms. The molecule has 128 valence electrons. The molecule has 1 heterocycles. The molecule has 0 saturated heterocycles. The van der Waals surface area contributed by atoms with Gasteiger partial charge in [0.05, 0.1) is 18.7 Å². The first kappa shape index (κ1) is 16.9. The van der Waals surface area contributed by atoms with Gasteiger partial charge in [0.1, 0.15) is 10.8 Å². The van der Waals surface area contributed by atoms with Gasteiger partial charge < -0.3 is 15.5 Å². The van der Waals surface area contributed by atoms with Crippen LogP contribution in [-0.2, 0) is 17.8 Å². The van der Waals surface area contributed by atoms with E-state index in [0.29, 0.717) is 11.3 Å². The van der Waals surface area contributed by atoms with Crippen molar-refractivity contribution in [3.8, 4) is 22.8 Å². The lowest BCUT2D eigenvalue weighted by Crippen LogP contribution is -2.24. The number of hydrogen-bond donors (Lipinski definition) is 3. The predicted molar refractivity (Wildman–Crippen MR) is 92.8 cm³/mol. The molecule has 0 saturated carbocycles. The zero-order valence-corrected chi connectivity index (χ0v) is 13.9. The Morgan fingerprint density at radius 2 is 1.88 bits per heavy atom. The molecule has 0 unspecified atom stereocenters. The molecular formula is C18H15FN2O3S. The number of halogens is 1. The molecule has 5 nitrogen and oxygen atoms in total. The van der Waals surface area contributed by atoms with Crippen LogP contribution in [0.2, 0.25) is 0 Å². The number of benzene rings is 2. The van der Waals surface area contributed by atoms with Gasteiger partial charge >= 0.3 is 0 Å². The van der Waals surface area contributed by atoms with Gasteiger partial charge in [-0.1, -0.05) is 12.1 Å². The van der Waals surface area contributed by atoms with Crippen LogP contribution < -0.4 is 5.32 Å². The van der Waals surface area contributed by atoms with Gasteiger partial charge in [0.2, 0.25) is 5.91 Å². The number of hydrogen-bond acceptors (Lipinski definition) is 5. The Balaban J connectivity index is 1.58. The molecule has 1 aromatic heterocycles. The van der Waals surface area contributed by atoms with E-state index in [-0.39, 0.29) is 36.2 Å². The lowest BCUT2D eigenvalue weighted by Gasteiger charge is -2.03. The maximum Gasteiger partial charge on any atom is 0.224 e. The molecule has 0 bridgehead atoms. The van der Waals surface area contributed by atoms with Gasteiger partial charge in [-0.15, -0.1) is 11.3 Å². The highest BCUT2D eigenvalue weighted by Gasteiger charge is 2.09. The minimum absolute atomic E-state index is 0.171. The number of rotatable bonds is 5. The van der Waals surface area contributed by atoms with Crippen LogP contribution in [0.25, 0.3) is 11.3 Å². The van der Waals surface area contributed by atoms with E-state index in [9.17, 15) is 19.4 Å². The molecule has 1 amide bonds. The van der Waals surface area contributed by atoms with Gasteiger partial charge in [-0.2, -0.15) is 0 Å². The van der Waals surface area contributed by atoms with Crippen molar-refractivity contribution >= 4 is 17.2 Å². The lowest BCUT2D eigenvalue weighted by molar-refractivity contribution is -0.120. The quantitative estimate of drug-likeness (QED) is 0.612. The van der Waals surface area contributed by atoms with Crippen molar-refractivity contribution in [3.63, 3.8) is 0 Å². The first-order valence-electron chi connectivity index (χ1n) is 7.49. The Morgan fingerprint density at radius 1 is 1.12 bits per heavy atom. The standard InChI is InChI=1S/C18H15FN2O3S/c19-13-4-1-11(2-5-13)7-17(24)20-9-18-21-14(10-25-18)12-3-6-15(22)16(23)8-12/h1-6,8,10,22-23H,7,9H2,(H,20,24). The van der Waals surface area contributed by atoms with E-state index in [1.807, 2.05) is 5.38 Å². The fourth-order valence-corrected chi connectivity index (χ4v) is 2.97. The molecule has 0 aliphatic rings. The van der Waals surface area contributed by atoms with Crippen LogP contribution in [0.4, 0.5) is 4.39 Å². The van der Waals surface area contributed by atoms with E-state index in [2.05, 4.69) is 10.3 Å². The lowest BCUT2D eigenvalue weighted by atomic mass is 10.1. The first-order valence-corrected chi connectivity index (χ1v) is 8.37. The van der Waals surface area contributed by atoms with Crippen LogP contribution in [0.15, 0.2) is 47.8 Å². The Hall–Kier alpha value is -2.93. The normalized spacial score (nSPS) is 10.6. The van der Waals surface area contributed by atoms with Gasteiger partial charge in [0.25, 0.3) is 0 Å². The summed E-state index contributed by atoms with van der Waals surface area (Å²) in [4.78, 5) is 16.3. The molecule has 2 aromatic carbocycles. The fraction of sp³-hybridized carbons (Fsp3) is 0.111. The second-order valence-corrected chi connectivity index (χ2v) is 6.35. The Labute approximate surface area is 147 Å². The zero-order valence-electron chi connectivity index (χ0n) is 13.1. The molecule has 3 N–H and O–H groups in total. The van der Waals surface area contributed by atoms with Crippen molar-refractivity contribution in [1.29, 1.82) is 0 Å². The number of phenolic OH excluding ortho intramolecular Hbond substituents is 2. The Bertz CT molecular complexity index is 894. The van der Waals surface area contributed by atoms with E-state index in [1.54, 1.807) is 18.2 Å². The molecule has 0 aliphatic carbocycles. The Morgan fingerprint density at radius 3 is 2.60 bits per heavy atom. The van der Waals surface area contributed by atoms with Crippen molar-refractivity contribution in [2.45, 2.75) is 13.0 Å². The maximum absolute atomic E-state index is 12.8. The molecule has 0 radical (unpaired) electrons. The van der Waals surface area contributed by atoms with Crippen LogP contribution in [0, 0.1) is 5.82 Å². The first-order chi connectivity index (χ1) is 12.0. The summed E-state index contributed by atoms with van der Waals surface area (Å²) in [5.41, 5.74) is 2.07. The number of phenols is 2. The molecule has 0 spiro atoms. The summed E-state index contributed by atoms with van der Waals surface area (Å²) in [5, 5.41) is 24.2. The van der Waals surface area contributed by atoms with Crippen LogP contribution in [0.3, 0.4) is 0 Å². The molecule has 7 heteroatoms. The number of amides is 1. The zero-order chi connectivity index (χ0) is 17.8. The number of carbonyl (C=O) groups excluding carboxylic acids is 1.